The summed E-state index contributed by atoms with van der Waals surface area (Å²) in [6, 6.07) is 8.03. The molecule has 0 aliphatic carbocycles. The molecule has 2 rings (SSSR count). The van der Waals surface area contributed by atoms with Crippen molar-refractivity contribution < 1.29 is 9.53 Å². The van der Waals surface area contributed by atoms with Gasteiger partial charge < -0.3 is 20.3 Å². The van der Waals surface area contributed by atoms with Crippen molar-refractivity contribution in [3.8, 4) is 5.75 Å². The van der Waals surface area contributed by atoms with Crippen LogP contribution in [0.1, 0.15) is 24.8 Å². The number of hydrogen-bond acceptors (Lipinski definition) is 4. The molecule has 1 heterocycles. The predicted octanol–water partition coefficient (Wildman–Crippen LogP) is 1.30. The summed E-state index contributed by atoms with van der Waals surface area (Å²) in [7, 11) is 7.10. The Morgan fingerprint density at radius 1 is 1.30 bits per heavy atom. The Morgan fingerprint density at radius 2 is 2.04 bits per heavy atom. The van der Waals surface area contributed by atoms with Crippen LogP contribution in [0.25, 0.3) is 0 Å². The van der Waals surface area contributed by atoms with Crippen molar-refractivity contribution in [2.24, 2.45) is 4.99 Å². The minimum Gasteiger partial charge on any atom is -0.497 e. The topological polar surface area (TPSA) is 69.2 Å². The van der Waals surface area contributed by atoms with Gasteiger partial charge in [0.15, 0.2) is 5.96 Å². The molecule has 7 nitrogen and oxygen atoms in total. The number of nitrogens with one attached hydrogen (secondary N) is 2. The number of amides is 1. The number of benzene rings is 1. The molecule has 1 amide bonds. The van der Waals surface area contributed by atoms with Crippen molar-refractivity contribution in [1.29, 1.82) is 0 Å². The van der Waals surface area contributed by atoms with E-state index in [9.17, 15) is 4.79 Å². The third-order valence-electron chi connectivity index (χ3n) is 4.85. The second-order valence-electron chi connectivity index (χ2n) is 6.98. The van der Waals surface area contributed by atoms with Crippen molar-refractivity contribution in [3.05, 3.63) is 29.8 Å². The lowest BCUT2D eigenvalue weighted by atomic mass is 10.2. The summed E-state index contributed by atoms with van der Waals surface area (Å²) in [5, 5.41) is 6.66. The molecular formula is C20H33N5O2. The van der Waals surface area contributed by atoms with E-state index in [-0.39, 0.29) is 11.9 Å². The molecule has 1 aromatic carbocycles. The molecule has 150 valence electrons. The molecule has 27 heavy (non-hydrogen) atoms. The Hall–Kier alpha value is -2.28. The van der Waals surface area contributed by atoms with Crippen LogP contribution in [0.3, 0.4) is 0 Å². The number of rotatable bonds is 8. The van der Waals surface area contributed by atoms with E-state index >= 15 is 0 Å². The predicted molar refractivity (Wildman–Crippen MR) is 109 cm³/mol. The molecule has 0 radical (unpaired) electrons. The summed E-state index contributed by atoms with van der Waals surface area (Å²) < 4.78 is 5.17. The second-order valence-corrected chi connectivity index (χ2v) is 6.98. The molecule has 1 aliphatic rings. The minimum absolute atomic E-state index is 0.0486. The Morgan fingerprint density at radius 3 is 2.67 bits per heavy atom. The van der Waals surface area contributed by atoms with Crippen LogP contribution in [0.5, 0.6) is 5.75 Å². The highest BCUT2D eigenvalue weighted by Gasteiger charge is 2.30. The number of carbonyl (C=O) groups excluding carboxylic acids is 1. The highest BCUT2D eigenvalue weighted by atomic mass is 16.5. The van der Waals surface area contributed by atoms with E-state index < -0.39 is 0 Å². The van der Waals surface area contributed by atoms with Gasteiger partial charge in [-0.05, 0) is 43.5 Å². The average molecular weight is 376 g/mol. The summed E-state index contributed by atoms with van der Waals surface area (Å²) >= 11 is 0. The molecule has 1 atom stereocenters. The quantitative estimate of drug-likeness (QED) is 0.407. The molecule has 0 spiro atoms. The lowest BCUT2D eigenvalue weighted by Crippen LogP contribution is -2.44. The molecule has 1 fully saturated rings. The van der Waals surface area contributed by atoms with Crippen LogP contribution in [0.2, 0.25) is 0 Å². The number of likely N-dealkylation sites (N-methyl/N-ethyl adjacent to an activating group) is 1. The highest BCUT2D eigenvalue weighted by Crippen LogP contribution is 2.18. The van der Waals surface area contributed by atoms with Gasteiger partial charge in [0.05, 0.1) is 13.2 Å². The number of hydrogen-bond donors (Lipinski definition) is 2. The first kappa shape index (κ1) is 21.0. The largest absolute Gasteiger partial charge is 0.497 e. The van der Waals surface area contributed by atoms with Crippen molar-refractivity contribution in [2.45, 2.75) is 31.8 Å². The monoisotopic (exact) mass is 375 g/mol. The SMILES string of the molecule is CN=C(NCCCN1CCCC1C(=O)N(C)C)NCc1ccc(OC)cc1. The lowest BCUT2D eigenvalue weighted by Gasteiger charge is -2.26. The number of guanidine groups is 1. The fourth-order valence-electron chi connectivity index (χ4n) is 3.31. The minimum atomic E-state index is 0.0486. The van der Waals surface area contributed by atoms with Gasteiger partial charge in [-0.1, -0.05) is 12.1 Å². The third kappa shape index (κ3) is 6.43. The van der Waals surface area contributed by atoms with Crippen molar-refractivity contribution in [2.75, 3.05) is 47.9 Å². The van der Waals surface area contributed by atoms with Gasteiger partial charge in [0.25, 0.3) is 0 Å². The zero-order valence-electron chi connectivity index (χ0n) is 17.0. The van der Waals surface area contributed by atoms with Gasteiger partial charge in [0.2, 0.25) is 5.91 Å². The lowest BCUT2D eigenvalue weighted by molar-refractivity contribution is -0.133. The Kier molecular flexibility index (Phi) is 8.39. The molecule has 1 saturated heterocycles. The summed E-state index contributed by atoms with van der Waals surface area (Å²) in [6.45, 7) is 3.46. The van der Waals surface area contributed by atoms with E-state index in [2.05, 4.69) is 20.5 Å². The Bertz CT molecular complexity index is 615. The zero-order chi connectivity index (χ0) is 19.6. The van der Waals surface area contributed by atoms with Crippen LogP contribution in [0.15, 0.2) is 29.3 Å². The molecule has 1 aliphatic heterocycles. The molecule has 0 aromatic heterocycles. The molecule has 1 aromatic rings. The van der Waals surface area contributed by atoms with Crippen molar-refractivity contribution >= 4 is 11.9 Å². The maximum absolute atomic E-state index is 12.2. The van der Waals surface area contributed by atoms with Crippen LogP contribution < -0.4 is 15.4 Å². The molecule has 2 N–H and O–H groups in total. The van der Waals surface area contributed by atoms with Gasteiger partial charge >= 0.3 is 0 Å². The zero-order valence-corrected chi connectivity index (χ0v) is 17.0. The number of aliphatic imine (C=N–C) groups is 1. The van der Waals surface area contributed by atoms with Gasteiger partial charge in [-0.3, -0.25) is 14.7 Å². The summed E-state index contributed by atoms with van der Waals surface area (Å²) in [5.74, 6) is 1.86. The van der Waals surface area contributed by atoms with Gasteiger partial charge in [-0.25, -0.2) is 0 Å². The van der Waals surface area contributed by atoms with Gasteiger partial charge in [0, 0.05) is 40.8 Å². The van der Waals surface area contributed by atoms with Gasteiger partial charge in [-0.2, -0.15) is 0 Å². The average Bonchev–Trinajstić information content (AvgIpc) is 3.15. The van der Waals surface area contributed by atoms with E-state index in [0.717, 1.165) is 50.6 Å². The first-order chi connectivity index (χ1) is 13.0. The van der Waals surface area contributed by atoms with E-state index in [1.54, 1.807) is 19.1 Å². The summed E-state index contributed by atoms with van der Waals surface area (Å²) in [6.07, 6.45) is 3.04. The first-order valence-electron chi connectivity index (χ1n) is 9.57. The fourth-order valence-corrected chi connectivity index (χ4v) is 3.31. The van der Waals surface area contributed by atoms with Gasteiger partial charge in [-0.15, -0.1) is 0 Å². The Balaban J connectivity index is 1.69. The number of likely N-dealkylation sites (tertiary alicyclic amines) is 1. The fraction of sp³-hybridized carbons (Fsp3) is 0.600. The number of ether oxygens (including phenoxy) is 1. The Labute approximate surface area is 162 Å². The number of methoxy groups -OCH3 is 1. The van der Waals surface area contributed by atoms with Crippen molar-refractivity contribution in [3.63, 3.8) is 0 Å². The van der Waals surface area contributed by atoms with Crippen LogP contribution in [-0.2, 0) is 11.3 Å². The standard InChI is InChI=1S/C20H33N5O2/c1-21-20(23-15-16-8-10-17(27-4)11-9-16)22-12-6-14-25-13-5-7-18(25)19(26)24(2)3/h8-11,18H,5-7,12-15H2,1-4H3,(H2,21,22,23). The molecule has 1 unspecified atom stereocenters. The van der Waals surface area contributed by atoms with Crippen LogP contribution >= 0.6 is 0 Å². The summed E-state index contributed by atoms with van der Waals surface area (Å²) in [4.78, 5) is 20.5. The highest BCUT2D eigenvalue weighted by molar-refractivity contribution is 5.81. The number of carbonyl (C=O) groups is 1. The van der Waals surface area contributed by atoms with Crippen LogP contribution in [0, 0.1) is 0 Å². The van der Waals surface area contributed by atoms with E-state index in [1.165, 1.54) is 5.56 Å². The first-order valence-corrected chi connectivity index (χ1v) is 9.57. The maximum Gasteiger partial charge on any atom is 0.239 e. The van der Waals surface area contributed by atoms with E-state index in [1.807, 2.05) is 38.4 Å². The maximum atomic E-state index is 12.2. The molecular weight excluding hydrogens is 342 g/mol. The smallest absolute Gasteiger partial charge is 0.239 e. The molecule has 7 heteroatoms. The van der Waals surface area contributed by atoms with Crippen molar-refractivity contribution in [1.82, 2.24) is 20.4 Å². The molecule has 0 saturated carbocycles. The number of nitrogens with zero attached hydrogens (tertiary/aromatic N) is 3. The van der Waals surface area contributed by atoms with Gasteiger partial charge in [0.1, 0.15) is 5.75 Å². The van der Waals surface area contributed by atoms with E-state index in [4.69, 9.17) is 4.74 Å². The van der Waals surface area contributed by atoms with Crippen LogP contribution in [0.4, 0.5) is 0 Å². The normalized spacial score (nSPS) is 17.6. The molecule has 0 bridgehead atoms. The van der Waals surface area contributed by atoms with Crippen LogP contribution in [-0.4, -0.2) is 75.6 Å². The third-order valence-corrected chi connectivity index (χ3v) is 4.85. The van der Waals surface area contributed by atoms with E-state index in [0.29, 0.717) is 6.54 Å². The second kappa shape index (κ2) is 10.8. The summed E-state index contributed by atoms with van der Waals surface area (Å²) in [5.41, 5.74) is 1.17.